The summed E-state index contributed by atoms with van der Waals surface area (Å²) in [5.74, 6) is 0.0377. The van der Waals surface area contributed by atoms with Crippen LogP contribution in [0.25, 0.3) is 10.8 Å². The Morgan fingerprint density at radius 1 is 0.641 bits per heavy atom. The average molecular weight is 934 g/mol. The van der Waals surface area contributed by atoms with Crippen LogP contribution in [0.3, 0.4) is 0 Å². The van der Waals surface area contributed by atoms with Crippen LogP contribution in [-0.2, 0) is 35.7 Å². The summed E-state index contributed by atoms with van der Waals surface area (Å²) in [6.07, 6.45) is 8.60. The second kappa shape index (κ2) is 23.5. The van der Waals surface area contributed by atoms with Crippen molar-refractivity contribution in [3.63, 3.8) is 0 Å². The zero-order chi connectivity index (χ0) is 46.4. The van der Waals surface area contributed by atoms with Gasteiger partial charge in [-0.05, 0) is 113 Å². The first-order valence-corrected chi connectivity index (χ1v) is 24.2. The fourth-order valence-electron chi connectivity index (χ4n) is 8.36. The highest BCUT2D eigenvalue weighted by molar-refractivity contribution is 8.01. The van der Waals surface area contributed by atoms with Crippen LogP contribution in [0.1, 0.15) is 98.2 Å². The molecular formula is C51H60ClF3N4O3S2. The van der Waals surface area contributed by atoms with Gasteiger partial charge in [0.1, 0.15) is 0 Å². The van der Waals surface area contributed by atoms with Crippen LogP contribution in [-0.4, -0.2) is 37.6 Å². The second-order valence-electron chi connectivity index (χ2n) is 15.6. The molecule has 7 nitrogen and oxygen atoms in total. The molecule has 64 heavy (non-hydrogen) atoms. The number of rotatable bonds is 14. The van der Waals surface area contributed by atoms with Crippen LogP contribution >= 0.6 is 24.4 Å². The molecule has 0 aromatic heterocycles. The van der Waals surface area contributed by atoms with E-state index in [1.54, 1.807) is 0 Å². The van der Waals surface area contributed by atoms with E-state index in [4.69, 9.17) is 16.7 Å². The molecule has 1 fully saturated rings. The van der Waals surface area contributed by atoms with Crippen molar-refractivity contribution < 1.29 is 26.7 Å². The summed E-state index contributed by atoms with van der Waals surface area (Å²) in [6.45, 7) is 8.92. The number of para-hydroxylation sites is 2. The fraction of sp³-hybridized carbons (Fsp3) is 0.333. The van der Waals surface area contributed by atoms with Crippen molar-refractivity contribution in [3.8, 4) is 0 Å². The Morgan fingerprint density at radius 2 is 1.08 bits per heavy atom. The lowest BCUT2D eigenvalue weighted by Crippen LogP contribution is -2.32. The molecule has 2 unspecified atom stereocenters. The Bertz CT molecular complexity index is 2390. The maximum atomic E-state index is 11.1. The van der Waals surface area contributed by atoms with Gasteiger partial charge in [0.2, 0.25) is 0 Å². The lowest BCUT2D eigenvalue weighted by molar-refractivity contribution is -0.0440. The lowest BCUT2D eigenvalue weighted by atomic mass is 9.82. The van der Waals surface area contributed by atoms with E-state index < -0.39 is 15.5 Å². The molecule has 5 N–H and O–H groups in total. The van der Waals surface area contributed by atoms with Gasteiger partial charge < -0.3 is 21.1 Å². The molecule has 6 aromatic rings. The number of aliphatic hydroxyl groups is 1. The number of hydrogen-bond acceptors (Lipinski definition) is 7. The SMILES string of the molecule is CCc1cccc(CC)c1Nc1ccc(C(c2ccc(Nc3c(CC)cccc3CC)cc2)c2ccc(NC3CCCCC3Cl)c3ccccc23)cc1.CO.O=S(=O)(NS)C(F)(F)F. The van der Waals surface area contributed by atoms with Crippen molar-refractivity contribution in [1.29, 1.82) is 0 Å². The average Bonchev–Trinajstić information content (AvgIpc) is 3.32. The van der Waals surface area contributed by atoms with Gasteiger partial charge in [0.05, 0.1) is 5.38 Å². The number of nitrogens with one attached hydrogen (secondary N) is 4. The molecule has 0 aliphatic heterocycles. The number of fused-ring (bicyclic) bond motifs is 1. The molecule has 2 atom stereocenters. The topological polar surface area (TPSA) is 102 Å². The van der Waals surface area contributed by atoms with E-state index in [0.717, 1.165) is 61.1 Å². The minimum Gasteiger partial charge on any atom is -0.400 e. The molecule has 1 aliphatic carbocycles. The summed E-state index contributed by atoms with van der Waals surface area (Å²) in [7, 11) is -4.22. The third kappa shape index (κ3) is 12.1. The maximum Gasteiger partial charge on any atom is 0.512 e. The first kappa shape index (κ1) is 50.3. The van der Waals surface area contributed by atoms with Crippen molar-refractivity contribution in [2.75, 3.05) is 23.1 Å². The van der Waals surface area contributed by atoms with Crippen LogP contribution in [0, 0.1) is 0 Å². The molecule has 6 aromatic carbocycles. The molecule has 0 radical (unpaired) electrons. The summed E-state index contributed by atoms with van der Waals surface area (Å²) in [4.78, 5) is 0. The van der Waals surface area contributed by atoms with E-state index in [-0.39, 0.29) is 17.3 Å². The van der Waals surface area contributed by atoms with E-state index >= 15 is 0 Å². The highest BCUT2D eigenvalue weighted by atomic mass is 35.5. The first-order valence-electron chi connectivity index (χ1n) is 21.9. The molecular weight excluding hydrogens is 873 g/mol. The number of thiol groups is 1. The summed E-state index contributed by atoms with van der Waals surface area (Å²) in [6, 6.07) is 45.3. The van der Waals surface area contributed by atoms with Crippen molar-refractivity contribution >= 4 is 73.6 Å². The van der Waals surface area contributed by atoms with Gasteiger partial charge in [-0.3, -0.25) is 0 Å². The number of alkyl halides is 4. The molecule has 342 valence electrons. The highest BCUT2D eigenvalue weighted by Gasteiger charge is 2.45. The number of anilines is 5. The molecule has 1 saturated carbocycles. The number of halogens is 4. The van der Waals surface area contributed by atoms with E-state index in [1.165, 1.54) is 79.6 Å². The number of sulfonamides is 1. The maximum absolute atomic E-state index is 11.1. The van der Waals surface area contributed by atoms with Crippen LogP contribution in [0.4, 0.5) is 41.6 Å². The molecule has 0 spiro atoms. The minimum absolute atomic E-state index is 0.0377. The third-order valence-electron chi connectivity index (χ3n) is 11.7. The van der Waals surface area contributed by atoms with Crippen LogP contribution < -0.4 is 20.1 Å². The summed E-state index contributed by atoms with van der Waals surface area (Å²) < 4.78 is 53.6. The Balaban J connectivity index is 0.000000626. The molecule has 0 bridgehead atoms. The van der Waals surface area contributed by atoms with Crippen molar-refractivity contribution in [3.05, 3.63) is 160 Å². The van der Waals surface area contributed by atoms with Gasteiger partial charge in [-0.1, -0.05) is 144 Å². The minimum atomic E-state index is -5.27. The molecule has 13 heteroatoms. The van der Waals surface area contributed by atoms with Crippen molar-refractivity contribution in [2.24, 2.45) is 0 Å². The van der Waals surface area contributed by atoms with Gasteiger partial charge in [-0.2, -0.15) is 17.3 Å². The number of aryl methyl sites for hydroxylation is 4. The van der Waals surface area contributed by atoms with Gasteiger partial charge >= 0.3 is 15.5 Å². The van der Waals surface area contributed by atoms with Gasteiger partial charge in [0.15, 0.2) is 0 Å². The van der Waals surface area contributed by atoms with E-state index in [9.17, 15) is 21.6 Å². The van der Waals surface area contributed by atoms with Gasteiger partial charge in [0.25, 0.3) is 0 Å². The third-order valence-corrected chi connectivity index (χ3v) is 13.8. The van der Waals surface area contributed by atoms with Gasteiger partial charge in [0, 0.05) is 52.9 Å². The lowest BCUT2D eigenvalue weighted by Gasteiger charge is -2.30. The Hall–Kier alpha value is -4.72. The smallest absolute Gasteiger partial charge is 0.400 e. The number of hydrogen-bond donors (Lipinski definition) is 6. The zero-order valence-electron chi connectivity index (χ0n) is 37.1. The number of benzene rings is 6. The summed E-state index contributed by atoms with van der Waals surface area (Å²) >= 11 is 9.58. The van der Waals surface area contributed by atoms with Crippen LogP contribution in [0.2, 0.25) is 0 Å². The van der Waals surface area contributed by atoms with E-state index in [2.05, 4.69) is 178 Å². The van der Waals surface area contributed by atoms with Crippen LogP contribution in [0.5, 0.6) is 0 Å². The molecule has 0 amide bonds. The molecule has 7 rings (SSSR count). The molecule has 0 heterocycles. The van der Waals surface area contributed by atoms with E-state index in [1.807, 2.05) is 0 Å². The number of aliphatic hydroxyl groups excluding tert-OH is 1. The van der Waals surface area contributed by atoms with Crippen molar-refractivity contribution in [1.82, 2.24) is 4.13 Å². The Labute approximate surface area is 387 Å². The van der Waals surface area contributed by atoms with Crippen molar-refractivity contribution in [2.45, 2.75) is 102 Å². The zero-order valence-corrected chi connectivity index (χ0v) is 39.5. The van der Waals surface area contributed by atoms with Gasteiger partial charge in [-0.25, -0.2) is 8.42 Å². The quantitative estimate of drug-likeness (QED) is 0.0370. The molecule has 0 saturated heterocycles. The predicted octanol–water partition coefficient (Wildman–Crippen LogP) is 13.6. The second-order valence-corrected chi connectivity index (χ2v) is 18.3. The first-order chi connectivity index (χ1) is 30.8. The fourth-order valence-corrected chi connectivity index (χ4v) is 9.12. The van der Waals surface area contributed by atoms with Gasteiger partial charge in [-0.15, -0.1) is 11.6 Å². The molecule has 1 aliphatic rings. The highest BCUT2D eigenvalue weighted by Crippen LogP contribution is 2.41. The normalized spacial score (nSPS) is 15.1. The predicted molar refractivity (Wildman–Crippen MR) is 265 cm³/mol. The van der Waals surface area contributed by atoms with Crippen LogP contribution in [0.15, 0.2) is 121 Å². The largest absolute Gasteiger partial charge is 0.512 e. The van der Waals surface area contributed by atoms with E-state index in [0.29, 0.717) is 0 Å². The Morgan fingerprint density at radius 3 is 1.47 bits per heavy atom. The standard InChI is InChI=1S/C49H54ClN3.CH2F3NO2S2.CH4O/c1-5-33-15-13-16-34(6-2)48(33)51-39-27-23-37(24-28-39)47(38-25-29-40(30-26-38)52-49-35(7-3)17-14-18-36(49)8-4)43-31-32-45(42-20-10-9-19-41(42)43)53-46-22-12-11-21-44(46)50;2-1(3,4)9(6,7)5-8;1-2/h9-10,13-20,23-32,44,46-47,51-53H,5-8,11-12,21-22H2,1-4H3;5,8H;2H,1H3. The Kier molecular flexibility index (Phi) is 18.4. The summed E-state index contributed by atoms with van der Waals surface area (Å²) in [5.41, 5.74) is 9.82. The monoisotopic (exact) mass is 932 g/mol. The summed E-state index contributed by atoms with van der Waals surface area (Å²) in [5, 5.41) is 21.1.